The molecule has 0 radical (unpaired) electrons. The van der Waals surface area contributed by atoms with Crippen LogP contribution in [0.25, 0.3) is 10.8 Å². The fraction of sp³-hybridized carbons (Fsp3) is 0.211. The first kappa shape index (κ1) is 15.7. The van der Waals surface area contributed by atoms with Crippen LogP contribution in [0.1, 0.15) is 21.6 Å². The molecule has 0 saturated carbocycles. The maximum atomic E-state index is 14.1. The van der Waals surface area contributed by atoms with E-state index in [0.717, 1.165) is 22.0 Å². The first-order chi connectivity index (χ1) is 12.1. The number of likely N-dealkylation sites (tertiary alicyclic amines) is 1. The minimum atomic E-state index is -0.516. The number of aromatic nitrogens is 2. The largest absolute Gasteiger partial charge is 0.335 e. The lowest BCUT2D eigenvalue weighted by Crippen LogP contribution is -2.57. The Hall–Kier alpha value is -2.86. The molecule has 0 spiro atoms. The van der Waals surface area contributed by atoms with Crippen molar-refractivity contribution in [3.8, 4) is 0 Å². The summed E-state index contributed by atoms with van der Waals surface area (Å²) in [6.45, 7) is 0.939. The number of halogens is 1. The van der Waals surface area contributed by atoms with E-state index >= 15 is 0 Å². The number of amides is 1. The molecule has 25 heavy (non-hydrogen) atoms. The molecule has 1 fully saturated rings. The summed E-state index contributed by atoms with van der Waals surface area (Å²) in [5.74, 6) is -0.830. The van der Waals surface area contributed by atoms with E-state index in [9.17, 15) is 9.18 Å². The van der Waals surface area contributed by atoms with E-state index in [-0.39, 0.29) is 17.5 Å². The molecule has 1 saturated heterocycles. The Balaban J connectivity index is 1.65. The lowest BCUT2D eigenvalue weighted by atomic mass is 10.0. The van der Waals surface area contributed by atoms with Crippen molar-refractivity contribution in [1.82, 2.24) is 15.1 Å². The van der Waals surface area contributed by atoms with Crippen molar-refractivity contribution in [2.75, 3.05) is 13.1 Å². The number of hydrogen-bond donors (Lipinski definition) is 1. The molecule has 1 aliphatic heterocycles. The quantitative estimate of drug-likeness (QED) is 0.795. The Labute approximate surface area is 144 Å². The van der Waals surface area contributed by atoms with Gasteiger partial charge in [-0.1, -0.05) is 30.3 Å². The Morgan fingerprint density at radius 3 is 2.84 bits per heavy atom. The normalized spacial score (nSPS) is 14.6. The summed E-state index contributed by atoms with van der Waals surface area (Å²) in [6, 6.07) is 12.4. The molecule has 1 amide bonds. The summed E-state index contributed by atoms with van der Waals surface area (Å²) in [4.78, 5) is 14.0. The number of benzene rings is 2. The van der Waals surface area contributed by atoms with E-state index < -0.39 is 5.82 Å². The second-order valence-electron chi connectivity index (χ2n) is 6.34. The molecule has 2 aromatic carbocycles. The summed E-state index contributed by atoms with van der Waals surface area (Å²) < 4.78 is 14.1. The van der Waals surface area contributed by atoms with Crippen LogP contribution in [-0.2, 0) is 6.42 Å². The highest BCUT2D eigenvalue weighted by molar-refractivity contribution is 5.95. The minimum Gasteiger partial charge on any atom is -0.335 e. The van der Waals surface area contributed by atoms with Crippen molar-refractivity contribution in [2.24, 2.45) is 5.73 Å². The van der Waals surface area contributed by atoms with Crippen LogP contribution in [0.3, 0.4) is 0 Å². The molecule has 3 aromatic rings. The fourth-order valence-electron chi connectivity index (χ4n) is 3.11. The van der Waals surface area contributed by atoms with E-state index in [1.54, 1.807) is 23.2 Å². The third-order valence-corrected chi connectivity index (χ3v) is 4.48. The predicted molar refractivity (Wildman–Crippen MR) is 92.6 cm³/mol. The van der Waals surface area contributed by atoms with Crippen molar-refractivity contribution in [3.63, 3.8) is 0 Å². The first-order valence-electron chi connectivity index (χ1n) is 8.14. The van der Waals surface area contributed by atoms with Crippen LogP contribution in [0.2, 0.25) is 0 Å². The van der Waals surface area contributed by atoms with Gasteiger partial charge in [0, 0.05) is 36.3 Å². The zero-order valence-electron chi connectivity index (χ0n) is 13.5. The smallest absolute Gasteiger partial charge is 0.256 e. The van der Waals surface area contributed by atoms with Crippen molar-refractivity contribution < 1.29 is 9.18 Å². The number of nitrogens with zero attached hydrogens (tertiary/aromatic N) is 3. The van der Waals surface area contributed by atoms with Crippen molar-refractivity contribution in [3.05, 3.63) is 71.3 Å². The van der Waals surface area contributed by atoms with Gasteiger partial charge in [-0.2, -0.15) is 10.2 Å². The molecule has 1 aromatic heterocycles. The molecule has 2 N–H and O–H groups in total. The summed E-state index contributed by atoms with van der Waals surface area (Å²) in [5.41, 5.74) is 7.41. The van der Waals surface area contributed by atoms with Crippen LogP contribution in [0.4, 0.5) is 4.39 Å². The summed E-state index contributed by atoms with van der Waals surface area (Å²) in [5, 5.41) is 10.2. The highest BCUT2D eigenvalue weighted by Crippen LogP contribution is 2.21. The van der Waals surface area contributed by atoms with Crippen molar-refractivity contribution in [2.45, 2.75) is 12.5 Å². The fourth-order valence-corrected chi connectivity index (χ4v) is 3.11. The van der Waals surface area contributed by atoms with Gasteiger partial charge in [-0.25, -0.2) is 4.39 Å². The molecular formula is C19H17FN4O. The third-order valence-electron chi connectivity index (χ3n) is 4.48. The van der Waals surface area contributed by atoms with Crippen LogP contribution in [0.15, 0.2) is 48.7 Å². The average molecular weight is 336 g/mol. The van der Waals surface area contributed by atoms with Gasteiger partial charge in [0.05, 0.1) is 17.5 Å². The molecule has 0 unspecified atom stereocenters. The second kappa shape index (κ2) is 6.22. The Morgan fingerprint density at radius 1 is 1.24 bits per heavy atom. The van der Waals surface area contributed by atoms with E-state index in [0.29, 0.717) is 19.5 Å². The van der Waals surface area contributed by atoms with Crippen LogP contribution >= 0.6 is 0 Å². The highest BCUT2D eigenvalue weighted by atomic mass is 19.1. The number of fused-ring (bicyclic) bond motifs is 1. The molecule has 5 nitrogen and oxygen atoms in total. The topological polar surface area (TPSA) is 72.1 Å². The SMILES string of the molecule is NC1CN(C(=O)c2cc(Cc3nncc4ccccc34)ccc2F)C1. The van der Waals surface area contributed by atoms with Gasteiger partial charge in [0.25, 0.3) is 5.91 Å². The lowest BCUT2D eigenvalue weighted by molar-refractivity contribution is 0.0603. The Morgan fingerprint density at radius 2 is 2.04 bits per heavy atom. The molecule has 0 aliphatic carbocycles. The minimum absolute atomic E-state index is 0.0128. The van der Waals surface area contributed by atoms with Crippen molar-refractivity contribution >= 4 is 16.7 Å². The molecule has 126 valence electrons. The van der Waals surface area contributed by atoms with Crippen LogP contribution in [0.5, 0.6) is 0 Å². The van der Waals surface area contributed by atoms with E-state index in [1.807, 2.05) is 24.3 Å². The zero-order chi connectivity index (χ0) is 17.4. The molecule has 1 aliphatic rings. The summed E-state index contributed by atoms with van der Waals surface area (Å²) in [7, 11) is 0. The maximum absolute atomic E-state index is 14.1. The first-order valence-corrected chi connectivity index (χ1v) is 8.14. The standard InChI is InChI=1S/C19H17FN4O/c20-17-6-5-12(7-16(17)19(25)24-10-14(21)11-24)8-18-15-4-2-1-3-13(15)9-22-23-18/h1-7,9,14H,8,10-11,21H2. The zero-order valence-corrected chi connectivity index (χ0v) is 13.5. The van der Waals surface area contributed by atoms with Gasteiger partial charge < -0.3 is 10.6 Å². The second-order valence-corrected chi connectivity index (χ2v) is 6.34. The number of nitrogens with two attached hydrogens (primary N) is 1. The van der Waals surface area contributed by atoms with Gasteiger partial charge in [0.1, 0.15) is 5.82 Å². The van der Waals surface area contributed by atoms with E-state index in [1.165, 1.54) is 6.07 Å². The van der Waals surface area contributed by atoms with Gasteiger partial charge >= 0.3 is 0 Å². The number of carbonyl (C=O) groups excluding carboxylic acids is 1. The van der Waals surface area contributed by atoms with Gasteiger partial charge in [0.15, 0.2) is 0 Å². The number of hydrogen-bond acceptors (Lipinski definition) is 4. The van der Waals surface area contributed by atoms with E-state index in [4.69, 9.17) is 5.73 Å². The monoisotopic (exact) mass is 336 g/mol. The average Bonchev–Trinajstić information content (AvgIpc) is 2.60. The Kier molecular flexibility index (Phi) is 3.89. The third kappa shape index (κ3) is 2.96. The molecule has 0 atom stereocenters. The maximum Gasteiger partial charge on any atom is 0.256 e. The van der Waals surface area contributed by atoms with Crippen molar-refractivity contribution in [1.29, 1.82) is 0 Å². The molecule has 6 heteroatoms. The van der Waals surface area contributed by atoms with Crippen LogP contribution in [0, 0.1) is 5.82 Å². The van der Waals surface area contributed by atoms with Crippen LogP contribution < -0.4 is 5.73 Å². The molecule has 2 heterocycles. The van der Waals surface area contributed by atoms with Gasteiger partial charge in [0.2, 0.25) is 0 Å². The molecular weight excluding hydrogens is 319 g/mol. The van der Waals surface area contributed by atoms with E-state index in [2.05, 4.69) is 10.2 Å². The Bertz CT molecular complexity index is 948. The summed E-state index contributed by atoms with van der Waals surface area (Å²) >= 11 is 0. The van der Waals surface area contributed by atoms with Gasteiger partial charge in [-0.05, 0) is 17.7 Å². The number of carbonyl (C=O) groups is 1. The molecule has 0 bridgehead atoms. The predicted octanol–water partition coefficient (Wildman–Crippen LogP) is 2.14. The van der Waals surface area contributed by atoms with Crippen LogP contribution in [-0.4, -0.2) is 40.1 Å². The lowest BCUT2D eigenvalue weighted by Gasteiger charge is -2.36. The number of rotatable bonds is 3. The summed E-state index contributed by atoms with van der Waals surface area (Å²) in [6.07, 6.45) is 2.19. The van der Waals surface area contributed by atoms with Gasteiger partial charge in [-0.3, -0.25) is 4.79 Å². The van der Waals surface area contributed by atoms with Gasteiger partial charge in [-0.15, -0.1) is 0 Å². The highest BCUT2D eigenvalue weighted by Gasteiger charge is 2.29. The molecule has 4 rings (SSSR count).